The summed E-state index contributed by atoms with van der Waals surface area (Å²) in [7, 11) is 1.72. The molecule has 0 atom stereocenters. The zero-order valence-corrected chi connectivity index (χ0v) is 19.1. The third-order valence-electron chi connectivity index (χ3n) is 4.55. The monoisotopic (exact) mass is 438 g/mol. The second kappa shape index (κ2) is 8.98. The summed E-state index contributed by atoms with van der Waals surface area (Å²) in [5.41, 5.74) is 4.45. The van der Waals surface area contributed by atoms with E-state index in [1.54, 1.807) is 18.0 Å². The average Bonchev–Trinajstić information content (AvgIpc) is 2.97. The zero-order valence-electron chi connectivity index (χ0n) is 18.3. The van der Waals surface area contributed by atoms with Crippen LogP contribution in [0.2, 0.25) is 0 Å². The van der Waals surface area contributed by atoms with Crippen LogP contribution in [0.4, 0.5) is 9.59 Å². The molecular formula is C24H26N2O4S. The Bertz CT molecular complexity index is 1070. The lowest BCUT2D eigenvalue weighted by Gasteiger charge is -2.24. The minimum atomic E-state index is -0.535. The lowest BCUT2D eigenvalue weighted by atomic mass is 9.97. The van der Waals surface area contributed by atoms with Gasteiger partial charge in [-0.25, -0.2) is 4.79 Å². The fraction of sp³-hybridized carbons (Fsp3) is 0.292. The first kappa shape index (κ1) is 22.6. The standard InChI is InChI=1S/C24H26N2O4S/c1-15-11-16(13-20-21(27)25-22(28)31-20)9-10-19(15)18-8-6-7-17(12-18)14-26(5)23(29)30-24(2,3)4/h6-13H,14H2,1-5H3,(H,25,27,28). The molecule has 0 saturated carbocycles. The molecule has 0 aromatic heterocycles. The topological polar surface area (TPSA) is 75.7 Å². The van der Waals surface area contributed by atoms with Crippen molar-refractivity contribution in [3.63, 3.8) is 0 Å². The molecule has 0 radical (unpaired) electrons. The fourth-order valence-corrected chi connectivity index (χ4v) is 3.87. The molecule has 0 bridgehead atoms. The average molecular weight is 439 g/mol. The van der Waals surface area contributed by atoms with E-state index in [0.717, 1.165) is 39.6 Å². The van der Waals surface area contributed by atoms with E-state index in [2.05, 4.69) is 11.4 Å². The van der Waals surface area contributed by atoms with Crippen molar-refractivity contribution >= 4 is 35.1 Å². The Morgan fingerprint density at radius 2 is 1.90 bits per heavy atom. The number of imide groups is 1. The van der Waals surface area contributed by atoms with E-state index >= 15 is 0 Å². The van der Waals surface area contributed by atoms with Crippen LogP contribution in [0.15, 0.2) is 47.4 Å². The van der Waals surface area contributed by atoms with Gasteiger partial charge in [0.1, 0.15) is 5.60 Å². The van der Waals surface area contributed by atoms with Crippen LogP contribution in [0.1, 0.15) is 37.5 Å². The van der Waals surface area contributed by atoms with Gasteiger partial charge in [0.05, 0.1) is 4.91 Å². The van der Waals surface area contributed by atoms with E-state index in [0.29, 0.717) is 11.4 Å². The van der Waals surface area contributed by atoms with Crippen molar-refractivity contribution in [3.05, 3.63) is 64.1 Å². The molecule has 1 N–H and O–H groups in total. The van der Waals surface area contributed by atoms with Crippen molar-refractivity contribution in [2.45, 2.75) is 39.8 Å². The third-order valence-corrected chi connectivity index (χ3v) is 5.36. The maximum Gasteiger partial charge on any atom is 0.410 e. The zero-order chi connectivity index (χ0) is 22.8. The van der Waals surface area contributed by atoms with E-state index in [1.807, 2.05) is 64.1 Å². The minimum Gasteiger partial charge on any atom is -0.444 e. The molecule has 1 aliphatic heterocycles. The molecule has 162 valence electrons. The summed E-state index contributed by atoms with van der Waals surface area (Å²) in [6.07, 6.45) is 1.35. The highest BCUT2D eigenvalue weighted by Crippen LogP contribution is 2.29. The van der Waals surface area contributed by atoms with Crippen molar-refractivity contribution in [2.24, 2.45) is 0 Å². The summed E-state index contributed by atoms with van der Waals surface area (Å²) < 4.78 is 5.42. The SMILES string of the molecule is Cc1cc(C=C2SC(=O)NC2=O)ccc1-c1cccc(CN(C)C(=O)OC(C)(C)C)c1. The number of nitrogens with one attached hydrogen (secondary N) is 1. The minimum absolute atomic E-state index is 0.349. The molecule has 1 aliphatic rings. The van der Waals surface area contributed by atoms with Crippen molar-refractivity contribution < 1.29 is 19.1 Å². The number of thioether (sulfide) groups is 1. The maximum atomic E-state index is 12.2. The van der Waals surface area contributed by atoms with E-state index in [4.69, 9.17) is 4.74 Å². The Hall–Kier alpha value is -3.06. The van der Waals surface area contributed by atoms with Crippen LogP contribution in [0.25, 0.3) is 17.2 Å². The predicted octanol–water partition coefficient (Wildman–Crippen LogP) is 5.35. The molecule has 1 heterocycles. The van der Waals surface area contributed by atoms with E-state index in [-0.39, 0.29) is 17.2 Å². The van der Waals surface area contributed by atoms with E-state index in [9.17, 15) is 14.4 Å². The first-order valence-corrected chi connectivity index (χ1v) is 10.7. The molecule has 2 aromatic rings. The molecule has 6 nitrogen and oxygen atoms in total. The molecule has 3 amide bonds. The summed E-state index contributed by atoms with van der Waals surface area (Å²) in [5, 5.41) is 1.91. The summed E-state index contributed by atoms with van der Waals surface area (Å²) in [6, 6.07) is 13.9. The van der Waals surface area contributed by atoms with Crippen LogP contribution in [-0.4, -0.2) is 34.8 Å². The molecule has 3 rings (SSSR count). The van der Waals surface area contributed by atoms with Gasteiger partial charge in [-0.15, -0.1) is 0 Å². The molecule has 0 spiro atoms. The molecule has 2 aromatic carbocycles. The molecular weight excluding hydrogens is 412 g/mol. The van der Waals surface area contributed by atoms with Crippen molar-refractivity contribution in [1.82, 2.24) is 10.2 Å². The smallest absolute Gasteiger partial charge is 0.410 e. The number of hydrogen-bond acceptors (Lipinski definition) is 5. The quantitative estimate of drug-likeness (QED) is 0.651. The van der Waals surface area contributed by atoms with Crippen LogP contribution in [0, 0.1) is 6.92 Å². The molecule has 1 fully saturated rings. The normalized spacial score (nSPS) is 15.2. The maximum absolute atomic E-state index is 12.2. The number of aryl methyl sites for hydroxylation is 1. The number of benzene rings is 2. The highest BCUT2D eigenvalue weighted by Gasteiger charge is 2.25. The van der Waals surface area contributed by atoms with Gasteiger partial charge in [-0.3, -0.25) is 14.9 Å². The summed E-state index contributed by atoms with van der Waals surface area (Å²) in [4.78, 5) is 37.3. The number of ether oxygens (including phenoxy) is 1. The van der Waals surface area contributed by atoms with Gasteiger partial charge in [-0.2, -0.15) is 0 Å². The van der Waals surface area contributed by atoms with Crippen molar-refractivity contribution in [3.8, 4) is 11.1 Å². The lowest BCUT2D eigenvalue weighted by Crippen LogP contribution is -2.33. The predicted molar refractivity (Wildman–Crippen MR) is 123 cm³/mol. The van der Waals surface area contributed by atoms with Gasteiger partial charge in [0.2, 0.25) is 0 Å². The largest absolute Gasteiger partial charge is 0.444 e. The summed E-state index contributed by atoms with van der Waals surface area (Å²) in [5.74, 6) is -0.362. The van der Waals surface area contributed by atoms with Crippen LogP contribution >= 0.6 is 11.8 Å². The Labute approximate surface area is 186 Å². The highest BCUT2D eigenvalue weighted by molar-refractivity contribution is 8.18. The van der Waals surface area contributed by atoms with Crippen LogP contribution in [0.5, 0.6) is 0 Å². The summed E-state index contributed by atoms with van der Waals surface area (Å²) >= 11 is 0.907. The van der Waals surface area contributed by atoms with Gasteiger partial charge >= 0.3 is 6.09 Å². The van der Waals surface area contributed by atoms with Gasteiger partial charge < -0.3 is 9.64 Å². The van der Waals surface area contributed by atoms with Crippen molar-refractivity contribution in [1.29, 1.82) is 0 Å². The second-order valence-electron chi connectivity index (χ2n) is 8.46. The summed E-state index contributed by atoms with van der Waals surface area (Å²) in [6.45, 7) is 7.97. The van der Waals surface area contributed by atoms with Gasteiger partial charge in [0.25, 0.3) is 11.1 Å². The fourth-order valence-electron chi connectivity index (χ4n) is 3.19. The molecule has 0 unspecified atom stereocenters. The first-order valence-electron chi connectivity index (χ1n) is 9.91. The second-order valence-corrected chi connectivity index (χ2v) is 9.48. The number of nitrogens with zero attached hydrogens (tertiary/aromatic N) is 1. The van der Waals surface area contributed by atoms with Crippen LogP contribution in [-0.2, 0) is 16.1 Å². The lowest BCUT2D eigenvalue weighted by molar-refractivity contribution is -0.115. The van der Waals surface area contributed by atoms with Gasteiger partial charge in [0.15, 0.2) is 0 Å². The Morgan fingerprint density at radius 3 is 2.52 bits per heavy atom. The van der Waals surface area contributed by atoms with Crippen LogP contribution in [0.3, 0.4) is 0 Å². The highest BCUT2D eigenvalue weighted by atomic mass is 32.2. The first-order chi connectivity index (χ1) is 14.5. The van der Waals surface area contributed by atoms with Gasteiger partial charge in [-0.1, -0.05) is 36.4 Å². The third kappa shape index (κ3) is 5.98. The molecule has 1 saturated heterocycles. The molecule has 7 heteroatoms. The van der Waals surface area contributed by atoms with E-state index in [1.165, 1.54) is 0 Å². The number of carbonyl (C=O) groups is 3. The Balaban J connectivity index is 1.78. The molecule has 0 aliphatic carbocycles. The van der Waals surface area contributed by atoms with Gasteiger partial charge in [-0.05, 0) is 79.4 Å². The molecule has 31 heavy (non-hydrogen) atoms. The van der Waals surface area contributed by atoms with Crippen LogP contribution < -0.4 is 5.32 Å². The van der Waals surface area contributed by atoms with Crippen molar-refractivity contribution in [2.75, 3.05) is 7.05 Å². The van der Waals surface area contributed by atoms with E-state index < -0.39 is 5.60 Å². The van der Waals surface area contributed by atoms with Gasteiger partial charge in [0, 0.05) is 13.6 Å². The Morgan fingerprint density at radius 1 is 1.16 bits per heavy atom. The number of carbonyl (C=O) groups excluding carboxylic acids is 3. The number of hydrogen-bond donors (Lipinski definition) is 1. The Kier molecular flexibility index (Phi) is 6.55. The number of amides is 3. The number of rotatable bonds is 4.